The van der Waals surface area contributed by atoms with E-state index in [4.69, 9.17) is 18.2 Å². The van der Waals surface area contributed by atoms with Crippen molar-refractivity contribution in [3.63, 3.8) is 0 Å². The van der Waals surface area contributed by atoms with Gasteiger partial charge in [-0.1, -0.05) is 23.9 Å². The van der Waals surface area contributed by atoms with Crippen LogP contribution in [-0.4, -0.2) is 41.6 Å². The van der Waals surface area contributed by atoms with Crippen molar-refractivity contribution < 1.29 is 36.2 Å². The summed E-state index contributed by atoms with van der Waals surface area (Å²) >= 11 is 1.00. The third-order valence-electron chi connectivity index (χ3n) is 6.41. The Morgan fingerprint density at radius 1 is 1.14 bits per heavy atom. The van der Waals surface area contributed by atoms with Crippen LogP contribution >= 0.6 is 11.8 Å². The van der Waals surface area contributed by atoms with Gasteiger partial charge in [0.25, 0.3) is 5.24 Å². The lowest BCUT2D eigenvalue weighted by molar-refractivity contribution is -0.118. The molecule has 0 unspecified atom stereocenters. The second kappa shape index (κ2) is 9.36. The van der Waals surface area contributed by atoms with Gasteiger partial charge in [0.2, 0.25) is 5.91 Å². The predicted octanol–water partition coefficient (Wildman–Crippen LogP) is 3.85. The molecule has 188 valence electrons. The summed E-state index contributed by atoms with van der Waals surface area (Å²) in [6.07, 6.45) is 1.72. The lowest BCUT2D eigenvalue weighted by Gasteiger charge is -2.37. The number of ether oxygens (including phenoxy) is 2. The second-order valence-electron chi connectivity index (χ2n) is 9.09. The maximum Gasteiger partial charge on any atom is 0.446 e. The van der Waals surface area contributed by atoms with Crippen LogP contribution in [0.1, 0.15) is 41.2 Å². The van der Waals surface area contributed by atoms with E-state index in [1.54, 1.807) is 13.8 Å². The molecule has 0 bridgehead atoms. The number of thioether (sulfide) groups is 1. The molecule has 0 radical (unpaired) electrons. The van der Waals surface area contributed by atoms with Gasteiger partial charge >= 0.3 is 10.4 Å². The van der Waals surface area contributed by atoms with Crippen LogP contribution in [0.5, 0.6) is 17.2 Å². The van der Waals surface area contributed by atoms with E-state index in [0.29, 0.717) is 48.5 Å². The Morgan fingerprint density at radius 3 is 2.43 bits per heavy atom. The molecule has 1 fully saturated rings. The van der Waals surface area contributed by atoms with Gasteiger partial charge < -0.3 is 13.7 Å². The lowest BCUT2D eigenvalue weighted by atomic mass is 9.87. The van der Waals surface area contributed by atoms with Crippen LogP contribution in [0.15, 0.2) is 24.3 Å². The van der Waals surface area contributed by atoms with E-state index in [-0.39, 0.29) is 16.9 Å². The zero-order valence-electron chi connectivity index (χ0n) is 19.8. The number of benzene rings is 2. The molecule has 2 aliphatic rings. The van der Waals surface area contributed by atoms with Gasteiger partial charge in [0, 0.05) is 11.1 Å². The summed E-state index contributed by atoms with van der Waals surface area (Å²) in [4.78, 5) is 23.1. The van der Waals surface area contributed by atoms with Gasteiger partial charge in [0.05, 0.1) is 5.25 Å². The van der Waals surface area contributed by atoms with Gasteiger partial charge in [-0.3, -0.25) is 19.5 Å². The Labute approximate surface area is 208 Å². The molecule has 1 saturated heterocycles. The fourth-order valence-electron chi connectivity index (χ4n) is 4.31. The molecule has 2 amide bonds. The van der Waals surface area contributed by atoms with Gasteiger partial charge in [-0.05, 0) is 75.8 Å². The number of hydrogen-bond acceptors (Lipinski definition) is 8. The fraction of sp³-hybridized carbons (Fsp3) is 0.417. The summed E-state index contributed by atoms with van der Waals surface area (Å²) in [5, 5.41) is 1.56. The van der Waals surface area contributed by atoms with Crippen molar-refractivity contribution in [3.8, 4) is 17.2 Å². The molecule has 2 atom stereocenters. The zero-order valence-corrected chi connectivity index (χ0v) is 21.5. The minimum Gasteiger partial charge on any atom is -0.489 e. The van der Waals surface area contributed by atoms with Crippen molar-refractivity contribution in [2.24, 2.45) is 0 Å². The van der Waals surface area contributed by atoms with Crippen molar-refractivity contribution in [1.29, 1.82) is 0 Å². The maximum atomic E-state index is 11.8. The van der Waals surface area contributed by atoms with E-state index in [2.05, 4.69) is 5.32 Å². The van der Waals surface area contributed by atoms with Crippen molar-refractivity contribution in [2.75, 3.05) is 6.61 Å². The first-order chi connectivity index (χ1) is 16.3. The molecule has 2 N–H and O–H groups in total. The van der Waals surface area contributed by atoms with Crippen molar-refractivity contribution in [3.05, 3.63) is 52.1 Å². The van der Waals surface area contributed by atoms with E-state index >= 15 is 0 Å². The molecule has 9 nitrogen and oxygen atoms in total. The summed E-state index contributed by atoms with van der Waals surface area (Å²) in [6.45, 7) is 7.55. The summed E-state index contributed by atoms with van der Waals surface area (Å²) in [7, 11) is -4.64. The molecule has 4 rings (SSSR count). The topological polar surface area (TPSA) is 128 Å². The summed E-state index contributed by atoms with van der Waals surface area (Å²) < 4.78 is 49.0. The third kappa shape index (κ3) is 5.57. The largest absolute Gasteiger partial charge is 0.489 e. The van der Waals surface area contributed by atoms with Gasteiger partial charge in [-0.15, -0.1) is 0 Å². The molecule has 2 aromatic rings. The van der Waals surface area contributed by atoms with E-state index in [1.807, 2.05) is 38.1 Å². The van der Waals surface area contributed by atoms with E-state index < -0.39 is 21.2 Å². The Kier molecular flexibility index (Phi) is 6.78. The van der Waals surface area contributed by atoms with E-state index in [0.717, 1.165) is 28.5 Å². The van der Waals surface area contributed by atoms with Crippen molar-refractivity contribution >= 4 is 33.3 Å². The van der Waals surface area contributed by atoms with Gasteiger partial charge in [-0.2, -0.15) is 8.42 Å². The molecule has 2 aromatic carbocycles. The molecule has 0 aromatic heterocycles. The molecule has 35 heavy (non-hydrogen) atoms. The molecule has 2 heterocycles. The first-order valence-electron chi connectivity index (χ1n) is 11.1. The zero-order chi connectivity index (χ0) is 25.5. The molecule has 11 heteroatoms. The molecular formula is C24H27NO8S2. The molecule has 0 saturated carbocycles. The predicted molar refractivity (Wildman–Crippen MR) is 131 cm³/mol. The highest BCUT2D eigenvalue weighted by atomic mass is 32.3. The monoisotopic (exact) mass is 521 g/mol. The van der Waals surface area contributed by atoms with Crippen LogP contribution in [0.4, 0.5) is 4.79 Å². The van der Waals surface area contributed by atoms with Crippen LogP contribution in [0.3, 0.4) is 0 Å². The van der Waals surface area contributed by atoms with Crippen LogP contribution in [0.2, 0.25) is 0 Å². The molecule has 0 aliphatic carbocycles. The summed E-state index contributed by atoms with van der Waals surface area (Å²) in [6, 6.07) is 7.40. The van der Waals surface area contributed by atoms with Gasteiger partial charge in [0.1, 0.15) is 23.7 Å². The highest BCUT2D eigenvalue weighted by Gasteiger charge is 2.36. The minimum absolute atomic E-state index is 0.130. The number of fused-ring (bicyclic) bond motifs is 1. The lowest BCUT2D eigenvalue weighted by Crippen LogP contribution is -2.42. The third-order valence-corrected chi connectivity index (χ3v) is 7.77. The molecular weight excluding hydrogens is 494 g/mol. The van der Waals surface area contributed by atoms with Crippen molar-refractivity contribution in [1.82, 2.24) is 5.32 Å². The summed E-state index contributed by atoms with van der Waals surface area (Å²) in [5.74, 6) is 1.20. The number of carbonyl (C=O) groups excluding carboxylic acids is 2. The average Bonchev–Trinajstić information content (AvgIpc) is 3.10. The minimum atomic E-state index is -4.64. The highest BCUT2D eigenvalue weighted by Crippen LogP contribution is 2.44. The quantitative estimate of drug-likeness (QED) is 0.522. The van der Waals surface area contributed by atoms with E-state index in [9.17, 15) is 18.0 Å². The first kappa shape index (κ1) is 25.3. The Morgan fingerprint density at radius 2 is 1.83 bits per heavy atom. The van der Waals surface area contributed by atoms with Crippen LogP contribution in [0.25, 0.3) is 0 Å². The number of hydrogen-bond donors (Lipinski definition) is 2. The SMILES string of the molecule is Cc1c(C)c2c(c(C)c1OS(=O)(=O)O)CC[C@](C)(COc1ccc(C[C@H]3SC(=O)NC3=O)cc1)O2. The summed E-state index contributed by atoms with van der Waals surface area (Å²) in [5.41, 5.74) is 3.11. The smallest absolute Gasteiger partial charge is 0.446 e. The molecule has 0 spiro atoms. The maximum absolute atomic E-state index is 11.8. The number of imide groups is 1. The number of nitrogens with one attached hydrogen (secondary N) is 1. The number of rotatable bonds is 7. The van der Waals surface area contributed by atoms with Gasteiger partial charge in [-0.25, -0.2) is 0 Å². The van der Waals surface area contributed by atoms with Crippen LogP contribution < -0.4 is 19.0 Å². The van der Waals surface area contributed by atoms with Crippen LogP contribution in [-0.2, 0) is 28.0 Å². The van der Waals surface area contributed by atoms with Crippen LogP contribution in [0, 0.1) is 20.8 Å². The Balaban J connectivity index is 1.44. The standard InChI is InChI=1S/C24H27NO8S2/c1-13-14(2)21-18(15(3)20(13)33-35(28,29)30)9-10-24(4,32-21)12-31-17-7-5-16(6-8-17)11-19-22(26)25-23(27)34-19/h5-8,19H,9-12H2,1-4H3,(H,25,26,27)(H,28,29,30)/t19-,24-/m1/s1. The molecule has 2 aliphatic heterocycles. The normalized spacial score (nSPS) is 21.8. The van der Waals surface area contributed by atoms with E-state index in [1.165, 1.54) is 0 Å². The Hall–Kier alpha value is -2.76. The highest BCUT2D eigenvalue weighted by molar-refractivity contribution is 8.15. The number of carbonyl (C=O) groups is 2. The average molecular weight is 522 g/mol. The first-order valence-corrected chi connectivity index (χ1v) is 13.3. The van der Waals surface area contributed by atoms with Crippen molar-refractivity contribution in [2.45, 2.75) is 57.8 Å². The Bertz CT molecular complexity index is 1290. The second-order valence-corrected chi connectivity index (χ2v) is 11.3. The fourth-order valence-corrected chi connectivity index (χ4v) is 5.63. The number of amides is 2. The van der Waals surface area contributed by atoms with Gasteiger partial charge in [0.15, 0.2) is 5.75 Å².